The number of halogens is 1. The monoisotopic (exact) mass is 368 g/mol. The highest BCUT2D eigenvalue weighted by molar-refractivity contribution is 7.12. The van der Waals surface area contributed by atoms with Crippen LogP contribution in [0.3, 0.4) is 0 Å². The molecule has 0 spiro atoms. The molecule has 0 aliphatic rings. The SMILES string of the molecule is CN(C)[C@H](CNC(=O)c1sccc1-c1ccccc1)c1cccc(F)c1. The van der Waals surface area contributed by atoms with Crippen molar-refractivity contribution >= 4 is 17.2 Å². The zero-order chi connectivity index (χ0) is 18.5. The van der Waals surface area contributed by atoms with E-state index in [1.807, 2.05) is 66.8 Å². The number of rotatable bonds is 6. The third-order valence-corrected chi connectivity index (χ3v) is 5.18. The van der Waals surface area contributed by atoms with E-state index in [1.54, 1.807) is 6.07 Å². The van der Waals surface area contributed by atoms with Crippen LogP contribution in [0.2, 0.25) is 0 Å². The summed E-state index contributed by atoms with van der Waals surface area (Å²) in [5.41, 5.74) is 2.79. The van der Waals surface area contributed by atoms with Gasteiger partial charge in [-0.05, 0) is 48.8 Å². The van der Waals surface area contributed by atoms with Gasteiger partial charge >= 0.3 is 0 Å². The van der Waals surface area contributed by atoms with Crippen molar-refractivity contribution in [3.8, 4) is 11.1 Å². The summed E-state index contributed by atoms with van der Waals surface area (Å²) in [6, 6.07) is 18.2. The second kappa shape index (κ2) is 8.25. The summed E-state index contributed by atoms with van der Waals surface area (Å²) in [6.45, 7) is 0.404. The van der Waals surface area contributed by atoms with Crippen LogP contribution < -0.4 is 5.32 Å². The second-order valence-corrected chi connectivity index (χ2v) is 7.19. The van der Waals surface area contributed by atoms with Crippen molar-refractivity contribution in [2.45, 2.75) is 6.04 Å². The molecule has 0 radical (unpaired) electrons. The quantitative estimate of drug-likeness (QED) is 0.690. The maximum Gasteiger partial charge on any atom is 0.262 e. The minimum absolute atomic E-state index is 0.102. The third-order valence-electron chi connectivity index (χ3n) is 4.27. The van der Waals surface area contributed by atoms with E-state index in [1.165, 1.54) is 23.5 Å². The topological polar surface area (TPSA) is 32.3 Å². The summed E-state index contributed by atoms with van der Waals surface area (Å²) < 4.78 is 13.5. The Morgan fingerprint density at radius 3 is 2.58 bits per heavy atom. The van der Waals surface area contributed by atoms with Crippen molar-refractivity contribution in [2.24, 2.45) is 0 Å². The van der Waals surface area contributed by atoms with Gasteiger partial charge in [0, 0.05) is 12.1 Å². The molecule has 2 aromatic carbocycles. The molecule has 1 heterocycles. The summed E-state index contributed by atoms with van der Waals surface area (Å²) in [7, 11) is 3.84. The van der Waals surface area contributed by atoms with E-state index in [0.717, 1.165) is 16.7 Å². The average Bonchev–Trinajstić information content (AvgIpc) is 3.12. The number of hydrogen-bond donors (Lipinski definition) is 1. The first-order valence-corrected chi connectivity index (χ1v) is 9.27. The van der Waals surface area contributed by atoms with Gasteiger partial charge in [0.1, 0.15) is 5.82 Å². The molecule has 1 atom stereocenters. The molecule has 0 aliphatic carbocycles. The molecule has 0 aliphatic heterocycles. The van der Waals surface area contributed by atoms with Gasteiger partial charge in [0.05, 0.1) is 10.9 Å². The van der Waals surface area contributed by atoms with Gasteiger partial charge in [-0.2, -0.15) is 0 Å². The molecule has 1 N–H and O–H groups in total. The van der Waals surface area contributed by atoms with Crippen LogP contribution in [0.5, 0.6) is 0 Å². The number of benzene rings is 2. The van der Waals surface area contributed by atoms with Crippen LogP contribution in [-0.2, 0) is 0 Å². The van der Waals surface area contributed by atoms with Gasteiger partial charge in [0.15, 0.2) is 0 Å². The molecular weight excluding hydrogens is 347 g/mol. The van der Waals surface area contributed by atoms with Crippen molar-refractivity contribution in [3.05, 3.63) is 82.3 Å². The summed E-state index contributed by atoms with van der Waals surface area (Å²) >= 11 is 1.43. The Bertz CT molecular complexity index is 876. The molecule has 3 rings (SSSR count). The maximum absolute atomic E-state index is 13.5. The molecular formula is C21H21FN2OS. The van der Waals surface area contributed by atoms with Crippen LogP contribution in [0.25, 0.3) is 11.1 Å². The van der Waals surface area contributed by atoms with E-state index in [2.05, 4.69) is 5.32 Å². The van der Waals surface area contributed by atoms with Gasteiger partial charge in [-0.1, -0.05) is 42.5 Å². The van der Waals surface area contributed by atoms with Gasteiger partial charge in [0.2, 0.25) is 0 Å². The van der Waals surface area contributed by atoms with Crippen LogP contribution in [0.4, 0.5) is 4.39 Å². The summed E-state index contributed by atoms with van der Waals surface area (Å²) in [5, 5.41) is 4.93. The van der Waals surface area contributed by atoms with E-state index in [0.29, 0.717) is 11.4 Å². The van der Waals surface area contributed by atoms with Gasteiger partial charge < -0.3 is 10.2 Å². The largest absolute Gasteiger partial charge is 0.349 e. The predicted molar refractivity (Wildman–Crippen MR) is 105 cm³/mol. The molecule has 0 saturated heterocycles. The fourth-order valence-corrected chi connectivity index (χ4v) is 3.74. The standard InChI is InChI=1S/C21H21FN2OS/c1-24(2)19(16-9-6-10-17(22)13-16)14-23-21(25)20-18(11-12-26-20)15-7-4-3-5-8-15/h3-13,19H,14H2,1-2H3,(H,23,25)/t19-/m1/s1. The fourth-order valence-electron chi connectivity index (χ4n) is 2.91. The Morgan fingerprint density at radius 1 is 1.12 bits per heavy atom. The molecule has 0 fully saturated rings. The molecule has 0 unspecified atom stereocenters. The number of carbonyl (C=O) groups excluding carboxylic acids is 1. The van der Waals surface area contributed by atoms with Crippen molar-refractivity contribution in [3.63, 3.8) is 0 Å². The van der Waals surface area contributed by atoms with Crippen LogP contribution in [0, 0.1) is 5.82 Å². The van der Waals surface area contributed by atoms with Crippen LogP contribution in [0.15, 0.2) is 66.0 Å². The number of likely N-dealkylation sites (N-methyl/N-ethyl adjacent to an activating group) is 1. The van der Waals surface area contributed by atoms with Crippen LogP contribution >= 0.6 is 11.3 Å². The van der Waals surface area contributed by atoms with Crippen LogP contribution in [0.1, 0.15) is 21.3 Å². The zero-order valence-electron chi connectivity index (χ0n) is 14.8. The van der Waals surface area contributed by atoms with E-state index >= 15 is 0 Å². The van der Waals surface area contributed by atoms with E-state index in [9.17, 15) is 9.18 Å². The molecule has 134 valence electrons. The maximum atomic E-state index is 13.5. The van der Waals surface area contributed by atoms with E-state index in [-0.39, 0.29) is 17.8 Å². The Balaban J connectivity index is 1.75. The Kier molecular flexibility index (Phi) is 5.81. The number of nitrogens with zero attached hydrogens (tertiary/aromatic N) is 1. The Hall–Kier alpha value is -2.50. The lowest BCUT2D eigenvalue weighted by molar-refractivity contribution is 0.0946. The number of hydrogen-bond acceptors (Lipinski definition) is 3. The lowest BCUT2D eigenvalue weighted by atomic mass is 10.0. The molecule has 1 amide bonds. The second-order valence-electron chi connectivity index (χ2n) is 6.27. The molecule has 1 aromatic heterocycles. The first-order chi connectivity index (χ1) is 12.6. The smallest absolute Gasteiger partial charge is 0.262 e. The number of nitrogens with one attached hydrogen (secondary N) is 1. The summed E-state index contributed by atoms with van der Waals surface area (Å²) in [4.78, 5) is 15.4. The van der Waals surface area contributed by atoms with Gasteiger partial charge in [0.25, 0.3) is 5.91 Å². The lowest BCUT2D eigenvalue weighted by Gasteiger charge is -2.25. The normalized spacial score (nSPS) is 12.2. The van der Waals surface area contributed by atoms with Gasteiger partial charge in [-0.3, -0.25) is 4.79 Å². The average molecular weight is 368 g/mol. The van der Waals surface area contributed by atoms with Gasteiger partial charge in [-0.15, -0.1) is 11.3 Å². The van der Waals surface area contributed by atoms with E-state index in [4.69, 9.17) is 0 Å². The highest BCUT2D eigenvalue weighted by Crippen LogP contribution is 2.28. The Labute approximate surface area is 157 Å². The lowest BCUT2D eigenvalue weighted by Crippen LogP contribution is -2.34. The molecule has 26 heavy (non-hydrogen) atoms. The molecule has 3 aromatic rings. The van der Waals surface area contributed by atoms with Gasteiger partial charge in [-0.25, -0.2) is 4.39 Å². The van der Waals surface area contributed by atoms with Crippen molar-refractivity contribution in [2.75, 3.05) is 20.6 Å². The highest BCUT2D eigenvalue weighted by atomic mass is 32.1. The first-order valence-electron chi connectivity index (χ1n) is 8.39. The number of carbonyl (C=O) groups is 1. The molecule has 0 bridgehead atoms. The first kappa shape index (κ1) is 18.3. The summed E-state index contributed by atoms with van der Waals surface area (Å²) in [6.07, 6.45) is 0. The number of amides is 1. The molecule has 0 saturated carbocycles. The summed E-state index contributed by atoms with van der Waals surface area (Å²) in [5.74, 6) is -0.382. The number of thiophene rings is 1. The molecule has 3 nitrogen and oxygen atoms in total. The minimum Gasteiger partial charge on any atom is -0.349 e. The van der Waals surface area contributed by atoms with Crippen molar-refractivity contribution in [1.82, 2.24) is 10.2 Å². The fraction of sp³-hybridized carbons (Fsp3) is 0.190. The zero-order valence-corrected chi connectivity index (χ0v) is 15.6. The predicted octanol–water partition coefficient (Wildman–Crippen LogP) is 4.59. The third kappa shape index (κ3) is 4.18. The van der Waals surface area contributed by atoms with Crippen molar-refractivity contribution < 1.29 is 9.18 Å². The minimum atomic E-state index is -0.273. The van der Waals surface area contributed by atoms with Crippen LogP contribution in [-0.4, -0.2) is 31.4 Å². The van der Waals surface area contributed by atoms with E-state index < -0.39 is 0 Å². The molecule has 5 heteroatoms. The van der Waals surface area contributed by atoms with Crippen molar-refractivity contribution in [1.29, 1.82) is 0 Å². The highest BCUT2D eigenvalue weighted by Gasteiger charge is 2.19. The Morgan fingerprint density at radius 2 is 1.88 bits per heavy atom.